The highest BCUT2D eigenvalue weighted by atomic mass is 127. The Morgan fingerprint density at radius 2 is 1.95 bits per heavy atom. The summed E-state index contributed by atoms with van der Waals surface area (Å²) in [6.45, 7) is 11.0. The van der Waals surface area contributed by atoms with Crippen molar-refractivity contribution < 1.29 is 4.74 Å². The first-order chi connectivity index (χ1) is 9.12. The number of guanidine groups is 1. The van der Waals surface area contributed by atoms with E-state index < -0.39 is 0 Å². The molecule has 1 aliphatic heterocycles. The SMILES string of the molecule is CCNC(=NCC1(SC)CCOCC1)NCC(C)C.I. The zero-order valence-corrected chi connectivity index (χ0v) is 16.3. The van der Waals surface area contributed by atoms with Crippen LogP contribution in [0, 0.1) is 5.92 Å². The van der Waals surface area contributed by atoms with E-state index in [-0.39, 0.29) is 28.7 Å². The molecule has 0 saturated carbocycles. The molecular weight excluding hydrogens is 385 g/mol. The maximum absolute atomic E-state index is 5.47. The predicted molar refractivity (Wildman–Crippen MR) is 101 cm³/mol. The maximum Gasteiger partial charge on any atom is 0.191 e. The van der Waals surface area contributed by atoms with E-state index in [0.717, 1.165) is 51.6 Å². The minimum atomic E-state index is 0. The van der Waals surface area contributed by atoms with Crippen LogP contribution in [0.4, 0.5) is 0 Å². The fourth-order valence-corrected chi connectivity index (χ4v) is 2.80. The van der Waals surface area contributed by atoms with Crippen LogP contribution in [0.5, 0.6) is 0 Å². The molecule has 0 amide bonds. The molecule has 0 spiro atoms. The summed E-state index contributed by atoms with van der Waals surface area (Å²) in [7, 11) is 0. The van der Waals surface area contributed by atoms with Gasteiger partial charge in [-0.15, -0.1) is 24.0 Å². The third-order valence-corrected chi connectivity index (χ3v) is 4.79. The topological polar surface area (TPSA) is 45.7 Å². The Labute approximate surface area is 145 Å². The average molecular weight is 415 g/mol. The van der Waals surface area contributed by atoms with Crippen molar-refractivity contribution in [1.29, 1.82) is 0 Å². The third kappa shape index (κ3) is 7.36. The zero-order valence-electron chi connectivity index (χ0n) is 13.2. The molecule has 0 radical (unpaired) electrons. The van der Waals surface area contributed by atoms with Crippen LogP contribution in [0.15, 0.2) is 4.99 Å². The number of halogens is 1. The van der Waals surface area contributed by atoms with Gasteiger partial charge in [0, 0.05) is 31.1 Å². The highest BCUT2D eigenvalue weighted by Gasteiger charge is 2.31. The van der Waals surface area contributed by atoms with Crippen molar-refractivity contribution in [2.24, 2.45) is 10.9 Å². The second kappa shape index (κ2) is 11.0. The van der Waals surface area contributed by atoms with Crippen LogP contribution in [-0.4, -0.2) is 49.8 Å². The lowest BCUT2D eigenvalue weighted by Crippen LogP contribution is -2.42. The Morgan fingerprint density at radius 1 is 1.30 bits per heavy atom. The largest absolute Gasteiger partial charge is 0.381 e. The van der Waals surface area contributed by atoms with Crippen LogP contribution in [0.3, 0.4) is 0 Å². The van der Waals surface area contributed by atoms with Gasteiger partial charge in [0.2, 0.25) is 0 Å². The first-order valence-corrected chi connectivity index (χ1v) is 8.49. The monoisotopic (exact) mass is 415 g/mol. The molecular formula is C14H30IN3OS. The van der Waals surface area contributed by atoms with Crippen molar-refractivity contribution in [3.05, 3.63) is 0 Å². The van der Waals surface area contributed by atoms with Crippen molar-refractivity contribution in [3.63, 3.8) is 0 Å². The van der Waals surface area contributed by atoms with Crippen LogP contribution in [0.25, 0.3) is 0 Å². The molecule has 0 aromatic rings. The van der Waals surface area contributed by atoms with Crippen LogP contribution >= 0.6 is 35.7 Å². The molecule has 6 heteroatoms. The first kappa shape index (κ1) is 20.3. The Bertz CT molecular complexity index is 282. The molecule has 0 aromatic heterocycles. The average Bonchev–Trinajstić information content (AvgIpc) is 2.43. The summed E-state index contributed by atoms with van der Waals surface area (Å²) in [5, 5.41) is 6.72. The summed E-state index contributed by atoms with van der Waals surface area (Å²) in [6.07, 6.45) is 4.39. The summed E-state index contributed by atoms with van der Waals surface area (Å²) in [5.74, 6) is 1.57. The Kier molecular flexibility index (Phi) is 11.1. The predicted octanol–water partition coefficient (Wildman–Crippen LogP) is 2.73. The zero-order chi connectivity index (χ0) is 14.1. The summed E-state index contributed by atoms with van der Waals surface area (Å²) in [4.78, 5) is 4.77. The Morgan fingerprint density at radius 3 is 2.45 bits per heavy atom. The second-order valence-electron chi connectivity index (χ2n) is 5.47. The van der Waals surface area contributed by atoms with Crippen LogP contribution in [0.2, 0.25) is 0 Å². The third-order valence-electron chi connectivity index (χ3n) is 3.38. The van der Waals surface area contributed by atoms with Gasteiger partial charge in [-0.05, 0) is 31.9 Å². The number of nitrogens with zero attached hydrogens (tertiary/aromatic N) is 1. The molecule has 1 fully saturated rings. The van der Waals surface area contributed by atoms with Crippen LogP contribution < -0.4 is 10.6 Å². The van der Waals surface area contributed by atoms with Gasteiger partial charge in [0.25, 0.3) is 0 Å². The van der Waals surface area contributed by atoms with Crippen LogP contribution in [-0.2, 0) is 4.74 Å². The molecule has 1 saturated heterocycles. The lowest BCUT2D eigenvalue weighted by atomic mass is 9.99. The van der Waals surface area contributed by atoms with E-state index in [2.05, 4.69) is 37.7 Å². The van der Waals surface area contributed by atoms with Gasteiger partial charge < -0.3 is 15.4 Å². The standard InChI is InChI=1S/C14H29N3OS.HI/c1-5-15-13(16-10-12(2)3)17-11-14(19-4)6-8-18-9-7-14;/h12H,5-11H2,1-4H3,(H2,15,16,17);1H. The number of hydrogen-bond acceptors (Lipinski definition) is 3. The number of aliphatic imine (C=N–C) groups is 1. The summed E-state index contributed by atoms with van der Waals surface area (Å²) in [5.41, 5.74) is 0. The molecule has 20 heavy (non-hydrogen) atoms. The molecule has 1 rings (SSSR count). The highest BCUT2D eigenvalue weighted by molar-refractivity contribution is 14.0. The molecule has 0 bridgehead atoms. The number of nitrogens with one attached hydrogen (secondary N) is 2. The molecule has 2 N–H and O–H groups in total. The van der Waals surface area contributed by atoms with E-state index in [1.165, 1.54) is 0 Å². The van der Waals surface area contributed by atoms with Gasteiger partial charge in [-0.3, -0.25) is 4.99 Å². The van der Waals surface area contributed by atoms with E-state index in [1.807, 2.05) is 11.8 Å². The van der Waals surface area contributed by atoms with Crippen molar-refractivity contribution in [3.8, 4) is 0 Å². The van der Waals surface area contributed by atoms with Gasteiger partial charge in [-0.25, -0.2) is 0 Å². The minimum absolute atomic E-state index is 0. The van der Waals surface area contributed by atoms with Crippen molar-refractivity contribution >= 4 is 41.7 Å². The normalized spacial score (nSPS) is 18.6. The molecule has 0 aliphatic carbocycles. The molecule has 0 atom stereocenters. The van der Waals surface area contributed by atoms with Gasteiger partial charge >= 0.3 is 0 Å². The van der Waals surface area contributed by atoms with Gasteiger partial charge in [0.05, 0.1) is 6.54 Å². The Hall–Kier alpha value is 0.310. The number of thioether (sulfide) groups is 1. The second-order valence-corrected chi connectivity index (χ2v) is 6.74. The molecule has 120 valence electrons. The van der Waals surface area contributed by atoms with E-state index in [9.17, 15) is 0 Å². The molecule has 1 heterocycles. The van der Waals surface area contributed by atoms with E-state index in [1.54, 1.807) is 0 Å². The fourth-order valence-electron chi connectivity index (χ4n) is 2.04. The van der Waals surface area contributed by atoms with Gasteiger partial charge in [0.15, 0.2) is 5.96 Å². The first-order valence-electron chi connectivity index (χ1n) is 7.27. The molecule has 4 nitrogen and oxygen atoms in total. The van der Waals surface area contributed by atoms with E-state index in [0.29, 0.717) is 5.92 Å². The fraction of sp³-hybridized carbons (Fsp3) is 0.929. The number of hydrogen-bond donors (Lipinski definition) is 2. The smallest absolute Gasteiger partial charge is 0.191 e. The summed E-state index contributed by atoms with van der Waals surface area (Å²) in [6, 6.07) is 0. The van der Waals surface area contributed by atoms with Gasteiger partial charge in [-0.1, -0.05) is 13.8 Å². The molecule has 0 unspecified atom stereocenters. The maximum atomic E-state index is 5.47. The molecule has 0 aromatic carbocycles. The minimum Gasteiger partial charge on any atom is -0.381 e. The number of rotatable bonds is 6. The Balaban J connectivity index is 0.00000361. The lowest BCUT2D eigenvalue weighted by molar-refractivity contribution is 0.0794. The van der Waals surface area contributed by atoms with Gasteiger partial charge in [0.1, 0.15) is 0 Å². The summed E-state index contributed by atoms with van der Waals surface area (Å²) < 4.78 is 5.73. The van der Waals surface area contributed by atoms with E-state index in [4.69, 9.17) is 9.73 Å². The molecule has 1 aliphatic rings. The van der Waals surface area contributed by atoms with Gasteiger partial charge in [-0.2, -0.15) is 11.8 Å². The lowest BCUT2D eigenvalue weighted by Gasteiger charge is -2.34. The summed E-state index contributed by atoms with van der Waals surface area (Å²) >= 11 is 1.94. The van der Waals surface area contributed by atoms with Crippen molar-refractivity contribution in [1.82, 2.24) is 10.6 Å². The van der Waals surface area contributed by atoms with Crippen LogP contribution in [0.1, 0.15) is 33.6 Å². The van der Waals surface area contributed by atoms with Crippen molar-refractivity contribution in [2.45, 2.75) is 38.4 Å². The van der Waals surface area contributed by atoms with E-state index >= 15 is 0 Å². The quantitative estimate of drug-likeness (QED) is 0.398. The van der Waals surface area contributed by atoms with Crippen molar-refractivity contribution in [2.75, 3.05) is 39.1 Å². The highest BCUT2D eigenvalue weighted by Crippen LogP contribution is 2.33. The number of ether oxygens (including phenoxy) is 1.